The van der Waals surface area contributed by atoms with Crippen LogP contribution < -0.4 is 15.0 Å². The van der Waals surface area contributed by atoms with E-state index in [4.69, 9.17) is 4.74 Å². The molecule has 0 spiro atoms. The lowest BCUT2D eigenvalue weighted by molar-refractivity contribution is -0.120. The van der Waals surface area contributed by atoms with Crippen molar-refractivity contribution >= 4 is 29.2 Å². The summed E-state index contributed by atoms with van der Waals surface area (Å²) < 4.78 is 5.17. The molecule has 1 aliphatic heterocycles. The molecule has 1 amide bonds. The van der Waals surface area contributed by atoms with Gasteiger partial charge in [0.05, 0.1) is 12.8 Å². The van der Waals surface area contributed by atoms with E-state index in [0.29, 0.717) is 5.88 Å². The van der Waals surface area contributed by atoms with E-state index in [9.17, 15) is 4.79 Å². The second kappa shape index (κ2) is 5.28. The number of anilines is 2. The first-order valence-corrected chi connectivity index (χ1v) is 7.53. The number of hydrogen-bond acceptors (Lipinski definition) is 5. The molecule has 1 aliphatic rings. The summed E-state index contributed by atoms with van der Waals surface area (Å²) in [5, 5.41) is 2.90. The molecule has 19 heavy (non-hydrogen) atoms. The van der Waals surface area contributed by atoms with Crippen molar-refractivity contribution in [3.8, 4) is 5.88 Å². The molecule has 1 N–H and O–H groups in total. The highest BCUT2D eigenvalue weighted by Crippen LogP contribution is 2.36. The van der Waals surface area contributed by atoms with Crippen molar-refractivity contribution in [2.24, 2.45) is 0 Å². The van der Waals surface area contributed by atoms with Crippen LogP contribution in [0.1, 0.15) is 13.8 Å². The van der Waals surface area contributed by atoms with Gasteiger partial charge in [-0.1, -0.05) is 0 Å². The number of methoxy groups -OCH3 is 1. The maximum Gasteiger partial charge on any atom is 0.249 e. The number of nitrogens with one attached hydrogen (secondary N) is 1. The SMILES string of the molecule is COc1ccc2c(n1)N(CCSC)C(C)(C)C(=O)N2. The molecule has 104 valence electrons. The van der Waals surface area contributed by atoms with E-state index in [1.54, 1.807) is 24.9 Å². The zero-order chi connectivity index (χ0) is 14.0. The molecule has 0 unspecified atom stereocenters. The van der Waals surface area contributed by atoms with Gasteiger partial charge in [0.15, 0.2) is 5.82 Å². The Hall–Kier alpha value is -1.43. The van der Waals surface area contributed by atoms with Crippen molar-refractivity contribution in [3.63, 3.8) is 0 Å². The Morgan fingerprint density at radius 2 is 2.21 bits per heavy atom. The van der Waals surface area contributed by atoms with Crippen LogP contribution in [0.3, 0.4) is 0 Å². The van der Waals surface area contributed by atoms with Gasteiger partial charge in [0.1, 0.15) is 5.54 Å². The summed E-state index contributed by atoms with van der Waals surface area (Å²) in [6.07, 6.45) is 2.05. The quantitative estimate of drug-likeness (QED) is 0.914. The molecular formula is C13H19N3O2S. The summed E-state index contributed by atoms with van der Waals surface area (Å²) in [4.78, 5) is 18.7. The third kappa shape index (κ3) is 2.49. The molecule has 1 aromatic heterocycles. The zero-order valence-electron chi connectivity index (χ0n) is 11.7. The van der Waals surface area contributed by atoms with Gasteiger partial charge in [-0.15, -0.1) is 0 Å². The fraction of sp³-hybridized carbons (Fsp3) is 0.538. The van der Waals surface area contributed by atoms with Crippen molar-refractivity contribution in [1.82, 2.24) is 4.98 Å². The van der Waals surface area contributed by atoms with Crippen LogP contribution in [0, 0.1) is 0 Å². The number of ether oxygens (including phenoxy) is 1. The minimum absolute atomic E-state index is 0.00642. The fourth-order valence-corrected chi connectivity index (χ4v) is 2.44. The van der Waals surface area contributed by atoms with Crippen LogP contribution in [-0.2, 0) is 4.79 Å². The van der Waals surface area contributed by atoms with E-state index in [2.05, 4.69) is 16.6 Å². The Morgan fingerprint density at radius 3 is 2.84 bits per heavy atom. The van der Waals surface area contributed by atoms with Gasteiger partial charge in [-0.3, -0.25) is 4.79 Å². The predicted octanol–water partition coefficient (Wildman–Crippen LogP) is 1.99. The highest BCUT2D eigenvalue weighted by Gasteiger charge is 2.40. The maximum absolute atomic E-state index is 12.2. The lowest BCUT2D eigenvalue weighted by atomic mass is 9.98. The molecule has 6 heteroatoms. The number of aromatic nitrogens is 1. The molecule has 2 rings (SSSR count). The summed E-state index contributed by atoms with van der Waals surface area (Å²) in [6.45, 7) is 4.59. The Balaban J connectivity index is 2.45. The lowest BCUT2D eigenvalue weighted by Crippen LogP contribution is -2.57. The normalized spacial score (nSPS) is 16.8. The van der Waals surface area contributed by atoms with Crippen molar-refractivity contribution < 1.29 is 9.53 Å². The van der Waals surface area contributed by atoms with E-state index in [1.165, 1.54) is 0 Å². The van der Waals surface area contributed by atoms with Crippen LogP contribution in [0.2, 0.25) is 0 Å². The predicted molar refractivity (Wildman–Crippen MR) is 79.2 cm³/mol. The third-order valence-electron chi connectivity index (χ3n) is 3.31. The maximum atomic E-state index is 12.2. The molecular weight excluding hydrogens is 262 g/mol. The van der Waals surface area contributed by atoms with Crippen LogP contribution in [0.5, 0.6) is 5.88 Å². The van der Waals surface area contributed by atoms with Crippen molar-refractivity contribution in [1.29, 1.82) is 0 Å². The zero-order valence-corrected chi connectivity index (χ0v) is 12.5. The number of hydrogen-bond donors (Lipinski definition) is 1. The number of pyridine rings is 1. The lowest BCUT2D eigenvalue weighted by Gasteiger charge is -2.42. The van der Waals surface area contributed by atoms with Gasteiger partial charge in [-0.2, -0.15) is 16.7 Å². The Kier molecular flexibility index (Phi) is 3.89. The van der Waals surface area contributed by atoms with Gasteiger partial charge < -0.3 is 15.0 Å². The largest absolute Gasteiger partial charge is 0.481 e. The molecule has 0 saturated carbocycles. The van der Waals surface area contributed by atoms with Gasteiger partial charge in [-0.05, 0) is 26.2 Å². The number of rotatable bonds is 4. The minimum Gasteiger partial charge on any atom is -0.481 e. The summed E-state index contributed by atoms with van der Waals surface area (Å²) in [7, 11) is 1.59. The summed E-state index contributed by atoms with van der Waals surface area (Å²) in [5.41, 5.74) is 0.133. The highest BCUT2D eigenvalue weighted by atomic mass is 32.2. The molecule has 0 aromatic carbocycles. The molecule has 0 saturated heterocycles. The first-order valence-electron chi connectivity index (χ1n) is 6.13. The fourth-order valence-electron chi connectivity index (χ4n) is 2.08. The number of nitrogens with zero attached hydrogens (tertiary/aromatic N) is 2. The van der Waals surface area contributed by atoms with Gasteiger partial charge in [0.25, 0.3) is 0 Å². The number of fused-ring (bicyclic) bond motifs is 1. The molecule has 0 fully saturated rings. The van der Waals surface area contributed by atoms with E-state index in [-0.39, 0.29) is 5.91 Å². The third-order valence-corrected chi connectivity index (χ3v) is 3.90. The number of amides is 1. The van der Waals surface area contributed by atoms with Gasteiger partial charge >= 0.3 is 0 Å². The first-order chi connectivity index (χ1) is 9.00. The Morgan fingerprint density at radius 1 is 1.47 bits per heavy atom. The number of carbonyl (C=O) groups is 1. The molecule has 0 bridgehead atoms. The van der Waals surface area contributed by atoms with Gasteiger partial charge in [0, 0.05) is 18.4 Å². The molecule has 1 aromatic rings. The summed E-state index contributed by atoms with van der Waals surface area (Å²) in [6, 6.07) is 3.59. The second-order valence-corrected chi connectivity index (χ2v) is 5.87. The average Bonchev–Trinajstić information content (AvgIpc) is 2.39. The van der Waals surface area contributed by atoms with E-state index in [0.717, 1.165) is 23.8 Å². The first kappa shape index (κ1) is 14.0. The molecule has 0 aliphatic carbocycles. The molecule has 0 atom stereocenters. The smallest absolute Gasteiger partial charge is 0.249 e. The van der Waals surface area contributed by atoms with E-state index >= 15 is 0 Å². The number of thioether (sulfide) groups is 1. The van der Waals surface area contributed by atoms with E-state index < -0.39 is 5.54 Å². The van der Waals surface area contributed by atoms with Gasteiger partial charge in [-0.25, -0.2) is 0 Å². The van der Waals surface area contributed by atoms with Crippen LogP contribution in [0.4, 0.5) is 11.5 Å². The summed E-state index contributed by atoms with van der Waals surface area (Å²) >= 11 is 1.75. The van der Waals surface area contributed by atoms with E-state index in [1.807, 2.05) is 24.8 Å². The van der Waals surface area contributed by atoms with Crippen LogP contribution in [-0.4, -0.2) is 42.1 Å². The molecule has 0 radical (unpaired) electrons. The molecule has 2 heterocycles. The summed E-state index contributed by atoms with van der Waals surface area (Å²) in [5.74, 6) is 2.26. The van der Waals surface area contributed by atoms with Crippen molar-refractivity contribution in [2.75, 3.05) is 35.9 Å². The second-order valence-electron chi connectivity index (χ2n) is 4.88. The van der Waals surface area contributed by atoms with Crippen LogP contribution in [0.15, 0.2) is 12.1 Å². The Labute approximate surface area is 117 Å². The highest BCUT2D eigenvalue weighted by molar-refractivity contribution is 7.98. The number of carbonyl (C=O) groups excluding carboxylic acids is 1. The van der Waals surface area contributed by atoms with Crippen LogP contribution >= 0.6 is 11.8 Å². The van der Waals surface area contributed by atoms with Crippen molar-refractivity contribution in [3.05, 3.63) is 12.1 Å². The monoisotopic (exact) mass is 281 g/mol. The standard InChI is InChI=1S/C13H19N3O2S/c1-13(2)12(17)14-9-5-6-10(18-3)15-11(9)16(13)7-8-19-4/h5-6H,7-8H2,1-4H3,(H,14,17). The minimum atomic E-state index is -0.609. The van der Waals surface area contributed by atoms with Crippen molar-refractivity contribution in [2.45, 2.75) is 19.4 Å². The van der Waals surface area contributed by atoms with Crippen LogP contribution in [0.25, 0.3) is 0 Å². The van der Waals surface area contributed by atoms with Gasteiger partial charge in [0.2, 0.25) is 11.8 Å². The topological polar surface area (TPSA) is 54.5 Å². The molecule has 5 nitrogen and oxygen atoms in total. The average molecular weight is 281 g/mol. The Bertz CT molecular complexity index is 491.